The van der Waals surface area contributed by atoms with Crippen LogP contribution >= 0.6 is 24.4 Å². The Labute approximate surface area is 161 Å². The molecule has 0 spiro atoms. The minimum atomic E-state index is -0.483. The molecule has 8 nitrogen and oxygen atoms in total. The molecule has 0 radical (unpaired) electrons. The monoisotopic (exact) mass is 396 g/mol. The van der Waals surface area contributed by atoms with E-state index in [1.165, 1.54) is 0 Å². The second-order valence-electron chi connectivity index (χ2n) is 5.40. The standard InChI is InChI=1S/C16H20N4O4S2/c25-15(17-9-11-3-1-5-21-11)19-13-14(24-8-7-23-13)20-16(26)18-10-12-4-2-6-22-12/h1-6,13-14H,7-10H2,(H2,17,19,25)(H2,18,20,26)/t13-,14+. The highest BCUT2D eigenvalue weighted by atomic mass is 32.1. The van der Waals surface area contributed by atoms with Gasteiger partial charge in [-0.1, -0.05) is 0 Å². The van der Waals surface area contributed by atoms with E-state index in [0.717, 1.165) is 11.5 Å². The van der Waals surface area contributed by atoms with Crippen LogP contribution in [0.15, 0.2) is 45.6 Å². The Bertz CT molecular complexity index is 633. The van der Waals surface area contributed by atoms with Crippen LogP contribution in [-0.2, 0) is 22.6 Å². The zero-order valence-corrected chi connectivity index (χ0v) is 15.5. The van der Waals surface area contributed by atoms with E-state index in [0.29, 0.717) is 36.5 Å². The van der Waals surface area contributed by atoms with Gasteiger partial charge < -0.3 is 39.6 Å². The molecule has 2 aromatic heterocycles. The number of hydrogen-bond acceptors (Lipinski definition) is 6. The molecule has 2 aromatic rings. The van der Waals surface area contributed by atoms with Crippen LogP contribution in [0, 0.1) is 0 Å². The van der Waals surface area contributed by atoms with Crippen LogP contribution < -0.4 is 21.3 Å². The minimum Gasteiger partial charge on any atom is -0.467 e. The zero-order chi connectivity index (χ0) is 18.2. The summed E-state index contributed by atoms with van der Waals surface area (Å²) in [7, 11) is 0. The highest BCUT2D eigenvalue weighted by Gasteiger charge is 2.28. The van der Waals surface area contributed by atoms with Crippen LogP contribution in [-0.4, -0.2) is 35.9 Å². The predicted molar refractivity (Wildman–Crippen MR) is 102 cm³/mol. The normalized spacial score (nSPS) is 19.5. The molecule has 3 rings (SSSR count). The van der Waals surface area contributed by atoms with E-state index in [1.807, 2.05) is 24.3 Å². The first-order valence-corrected chi connectivity index (χ1v) is 8.89. The van der Waals surface area contributed by atoms with Crippen molar-refractivity contribution in [3.8, 4) is 0 Å². The fourth-order valence-electron chi connectivity index (χ4n) is 2.28. The third kappa shape index (κ3) is 5.70. The molecule has 1 aliphatic rings. The molecular formula is C16H20N4O4S2. The summed E-state index contributed by atoms with van der Waals surface area (Å²) in [6.45, 7) is 1.88. The molecule has 0 saturated carbocycles. The Hall–Kier alpha value is -2.14. The van der Waals surface area contributed by atoms with Crippen LogP contribution in [0.25, 0.3) is 0 Å². The van der Waals surface area contributed by atoms with Crippen molar-refractivity contribution in [2.45, 2.75) is 25.5 Å². The third-order valence-electron chi connectivity index (χ3n) is 3.51. The maximum Gasteiger partial charge on any atom is 0.174 e. The number of thiocarbonyl (C=S) groups is 2. The number of rotatable bonds is 6. The van der Waals surface area contributed by atoms with Crippen molar-refractivity contribution in [3.05, 3.63) is 48.3 Å². The SMILES string of the molecule is S=C(NCc1ccco1)N[C@@H]1OCCO[C@@H]1NC(=S)NCc1ccco1. The van der Waals surface area contributed by atoms with E-state index < -0.39 is 12.5 Å². The summed E-state index contributed by atoms with van der Waals surface area (Å²) in [5, 5.41) is 13.1. The zero-order valence-electron chi connectivity index (χ0n) is 13.9. The molecule has 1 saturated heterocycles. The molecule has 0 unspecified atom stereocenters. The number of ether oxygens (including phenoxy) is 2. The second kappa shape index (κ2) is 9.53. The predicted octanol–water partition coefficient (Wildman–Crippen LogP) is 1.20. The van der Waals surface area contributed by atoms with Crippen molar-refractivity contribution in [1.29, 1.82) is 0 Å². The van der Waals surface area contributed by atoms with Gasteiger partial charge in [-0.15, -0.1) is 0 Å². The van der Waals surface area contributed by atoms with Crippen LogP contribution in [0.4, 0.5) is 0 Å². The van der Waals surface area contributed by atoms with Crippen molar-refractivity contribution in [2.24, 2.45) is 0 Å². The average molecular weight is 396 g/mol. The molecule has 2 atom stereocenters. The summed E-state index contributed by atoms with van der Waals surface area (Å²) in [6, 6.07) is 7.37. The lowest BCUT2D eigenvalue weighted by Crippen LogP contribution is -2.59. The fourth-order valence-corrected chi connectivity index (χ4v) is 2.66. The molecule has 0 amide bonds. The molecule has 26 heavy (non-hydrogen) atoms. The Balaban J connectivity index is 1.44. The highest BCUT2D eigenvalue weighted by molar-refractivity contribution is 7.80. The van der Waals surface area contributed by atoms with Crippen molar-refractivity contribution < 1.29 is 18.3 Å². The smallest absolute Gasteiger partial charge is 0.174 e. The highest BCUT2D eigenvalue weighted by Crippen LogP contribution is 2.06. The van der Waals surface area contributed by atoms with E-state index in [1.54, 1.807) is 12.5 Å². The summed E-state index contributed by atoms with van der Waals surface area (Å²) in [5.41, 5.74) is 0. The van der Waals surface area contributed by atoms with Gasteiger partial charge in [0, 0.05) is 0 Å². The largest absolute Gasteiger partial charge is 0.467 e. The fraction of sp³-hybridized carbons (Fsp3) is 0.375. The van der Waals surface area contributed by atoms with Crippen molar-refractivity contribution in [1.82, 2.24) is 21.3 Å². The quantitative estimate of drug-likeness (QED) is 0.534. The van der Waals surface area contributed by atoms with E-state index in [2.05, 4.69) is 21.3 Å². The third-order valence-corrected chi connectivity index (χ3v) is 4.03. The lowest BCUT2D eigenvalue weighted by atomic mass is 10.4. The molecule has 1 aliphatic heterocycles. The molecule has 1 fully saturated rings. The summed E-state index contributed by atoms with van der Waals surface area (Å²) in [4.78, 5) is 0. The molecule has 4 N–H and O–H groups in total. The van der Waals surface area contributed by atoms with Crippen LogP contribution in [0.5, 0.6) is 0 Å². The molecule has 3 heterocycles. The van der Waals surface area contributed by atoms with Gasteiger partial charge in [0.2, 0.25) is 0 Å². The van der Waals surface area contributed by atoms with E-state index in [4.69, 9.17) is 42.7 Å². The molecular weight excluding hydrogens is 376 g/mol. The summed E-state index contributed by atoms with van der Waals surface area (Å²) >= 11 is 10.6. The first kappa shape index (κ1) is 18.6. The maximum atomic E-state index is 5.69. The van der Waals surface area contributed by atoms with Gasteiger partial charge in [0.15, 0.2) is 22.7 Å². The molecule has 140 valence electrons. The molecule has 10 heteroatoms. The Kier molecular flexibility index (Phi) is 6.83. The van der Waals surface area contributed by atoms with Gasteiger partial charge in [-0.3, -0.25) is 0 Å². The van der Waals surface area contributed by atoms with Gasteiger partial charge in [0.1, 0.15) is 11.5 Å². The lowest BCUT2D eigenvalue weighted by molar-refractivity contribution is -0.150. The molecule has 0 aromatic carbocycles. The second-order valence-corrected chi connectivity index (χ2v) is 6.21. The Morgan fingerprint density at radius 2 is 1.31 bits per heavy atom. The minimum absolute atomic E-state index is 0.429. The summed E-state index contributed by atoms with van der Waals surface area (Å²) < 4.78 is 21.9. The van der Waals surface area contributed by atoms with E-state index in [-0.39, 0.29) is 0 Å². The first-order chi connectivity index (χ1) is 12.7. The maximum absolute atomic E-state index is 5.69. The Morgan fingerprint density at radius 3 is 1.69 bits per heavy atom. The number of nitrogens with one attached hydrogen (secondary N) is 4. The van der Waals surface area contributed by atoms with Crippen molar-refractivity contribution in [3.63, 3.8) is 0 Å². The number of furan rings is 2. The van der Waals surface area contributed by atoms with Gasteiger partial charge in [0.05, 0.1) is 38.8 Å². The number of hydrogen-bond donors (Lipinski definition) is 4. The van der Waals surface area contributed by atoms with Crippen LogP contribution in [0.1, 0.15) is 11.5 Å². The topological polar surface area (TPSA) is 92.9 Å². The van der Waals surface area contributed by atoms with E-state index >= 15 is 0 Å². The first-order valence-electron chi connectivity index (χ1n) is 8.07. The average Bonchev–Trinajstić information content (AvgIpc) is 3.34. The van der Waals surface area contributed by atoms with Gasteiger partial charge in [-0.05, 0) is 48.7 Å². The van der Waals surface area contributed by atoms with Crippen LogP contribution in [0.3, 0.4) is 0 Å². The summed E-state index contributed by atoms with van der Waals surface area (Å²) in [5.74, 6) is 1.57. The van der Waals surface area contributed by atoms with Crippen LogP contribution in [0.2, 0.25) is 0 Å². The van der Waals surface area contributed by atoms with Crippen molar-refractivity contribution in [2.75, 3.05) is 13.2 Å². The van der Waals surface area contributed by atoms with Gasteiger partial charge in [0.25, 0.3) is 0 Å². The lowest BCUT2D eigenvalue weighted by Gasteiger charge is -2.34. The molecule has 0 aliphatic carbocycles. The van der Waals surface area contributed by atoms with Gasteiger partial charge >= 0.3 is 0 Å². The summed E-state index contributed by atoms with van der Waals surface area (Å²) in [6.07, 6.45) is 2.26. The van der Waals surface area contributed by atoms with Gasteiger partial charge in [-0.2, -0.15) is 0 Å². The van der Waals surface area contributed by atoms with Gasteiger partial charge in [-0.25, -0.2) is 0 Å². The molecule has 0 bridgehead atoms. The van der Waals surface area contributed by atoms with E-state index in [9.17, 15) is 0 Å². The van der Waals surface area contributed by atoms with Crippen molar-refractivity contribution >= 4 is 34.7 Å². The Morgan fingerprint density at radius 1 is 0.846 bits per heavy atom.